The molecule has 1 aromatic rings. The van der Waals surface area contributed by atoms with Gasteiger partial charge in [-0.25, -0.2) is 4.99 Å². The van der Waals surface area contributed by atoms with Crippen molar-refractivity contribution < 1.29 is 17.9 Å². The second-order valence-corrected chi connectivity index (χ2v) is 5.90. The van der Waals surface area contributed by atoms with Crippen molar-refractivity contribution >= 4 is 29.9 Å². The van der Waals surface area contributed by atoms with E-state index in [1.165, 1.54) is 6.07 Å². The fraction of sp³-hybridized carbons (Fsp3) is 0.562. The number of hydrogen-bond acceptors (Lipinski definition) is 2. The molecule has 1 saturated heterocycles. The Labute approximate surface area is 157 Å². The molecule has 24 heavy (non-hydrogen) atoms. The number of nitrogens with two attached hydrogens (primary N) is 1. The van der Waals surface area contributed by atoms with Crippen LogP contribution in [0.25, 0.3) is 0 Å². The van der Waals surface area contributed by atoms with Gasteiger partial charge in [-0.15, -0.1) is 24.0 Å². The van der Waals surface area contributed by atoms with Crippen molar-refractivity contribution in [2.75, 3.05) is 19.7 Å². The summed E-state index contributed by atoms with van der Waals surface area (Å²) in [7, 11) is 0. The number of halogens is 4. The maximum atomic E-state index is 12.2. The van der Waals surface area contributed by atoms with Gasteiger partial charge in [-0.2, -0.15) is 13.2 Å². The number of hydrogen-bond donors (Lipinski definition) is 1. The van der Waals surface area contributed by atoms with Crippen LogP contribution < -0.4 is 10.5 Å². The van der Waals surface area contributed by atoms with Crippen LogP contribution in [-0.2, 0) is 6.54 Å². The summed E-state index contributed by atoms with van der Waals surface area (Å²) >= 11 is 0. The summed E-state index contributed by atoms with van der Waals surface area (Å²) in [4.78, 5) is 6.38. The summed E-state index contributed by atoms with van der Waals surface area (Å²) in [6.07, 6.45) is -2.15. The van der Waals surface area contributed by atoms with Crippen molar-refractivity contribution in [2.24, 2.45) is 16.6 Å². The second-order valence-electron chi connectivity index (χ2n) is 5.90. The Balaban J connectivity index is 0.00000288. The summed E-state index contributed by atoms with van der Waals surface area (Å²) in [5.74, 6) is 1.38. The zero-order chi connectivity index (χ0) is 16.9. The molecule has 1 aliphatic heterocycles. The van der Waals surface area contributed by atoms with Crippen molar-refractivity contribution in [1.82, 2.24) is 4.90 Å². The third-order valence-corrected chi connectivity index (χ3v) is 3.83. The molecular weight excluding hydrogens is 434 g/mol. The molecule has 0 aromatic heterocycles. The largest absolute Gasteiger partial charge is 0.484 e. The number of piperidine rings is 1. The molecule has 0 amide bonds. The lowest BCUT2D eigenvalue weighted by molar-refractivity contribution is -0.153. The average Bonchev–Trinajstić information content (AvgIpc) is 2.51. The summed E-state index contributed by atoms with van der Waals surface area (Å²) in [5, 5.41) is 0. The van der Waals surface area contributed by atoms with Gasteiger partial charge in [0, 0.05) is 13.1 Å². The molecule has 4 nitrogen and oxygen atoms in total. The van der Waals surface area contributed by atoms with Crippen molar-refractivity contribution in [1.29, 1.82) is 0 Å². The molecule has 8 heteroatoms. The number of guanidine groups is 1. The van der Waals surface area contributed by atoms with Gasteiger partial charge in [-0.05, 0) is 36.5 Å². The lowest BCUT2D eigenvalue weighted by Crippen LogP contribution is -2.42. The van der Waals surface area contributed by atoms with Gasteiger partial charge >= 0.3 is 6.18 Å². The molecule has 0 aliphatic carbocycles. The fourth-order valence-electron chi connectivity index (χ4n) is 2.41. The van der Waals surface area contributed by atoms with Gasteiger partial charge < -0.3 is 15.4 Å². The Hall–Kier alpha value is -1.19. The van der Waals surface area contributed by atoms with E-state index in [0.29, 0.717) is 18.4 Å². The van der Waals surface area contributed by atoms with Gasteiger partial charge in [0.05, 0.1) is 6.54 Å². The first-order valence-electron chi connectivity index (χ1n) is 7.67. The van der Waals surface area contributed by atoms with E-state index in [9.17, 15) is 13.2 Å². The topological polar surface area (TPSA) is 50.8 Å². The number of benzene rings is 1. The van der Waals surface area contributed by atoms with E-state index in [-0.39, 0.29) is 29.7 Å². The number of ether oxygens (including phenoxy) is 1. The van der Waals surface area contributed by atoms with E-state index in [1.54, 1.807) is 18.2 Å². The van der Waals surface area contributed by atoms with Gasteiger partial charge in [-0.3, -0.25) is 0 Å². The minimum absolute atomic E-state index is 0. The first-order chi connectivity index (χ1) is 10.8. The molecule has 2 rings (SSSR count). The Bertz CT molecular complexity index is 544. The Morgan fingerprint density at radius 1 is 1.33 bits per heavy atom. The third-order valence-electron chi connectivity index (χ3n) is 3.83. The van der Waals surface area contributed by atoms with Gasteiger partial charge in [0.2, 0.25) is 0 Å². The van der Waals surface area contributed by atoms with Crippen molar-refractivity contribution in [3.05, 3.63) is 29.8 Å². The zero-order valence-electron chi connectivity index (χ0n) is 13.6. The SMILES string of the molecule is CC1CCN(C(N)=NCc2cccc(OCC(F)(F)F)c2)CC1.I. The highest BCUT2D eigenvalue weighted by atomic mass is 127. The maximum absolute atomic E-state index is 12.2. The third kappa shape index (κ3) is 7.14. The molecule has 1 aliphatic rings. The molecule has 0 unspecified atom stereocenters. The van der Waals surface area contributed by atoms with Crippen LogP contribution in [0.4, 0.5) is 13.2 Å². The van der Waals surface area contributed by atoms with Crippen LogP contribution in [0.3, 0.4) is 0 Å². The lowest BCUT2D eigenvalue weighted by Gasteiger charge is -2.31. The smallest absolute Gasteiger partial charge is 0.422 e. The minimum Gasteiger partial charge on any atom is -0.484 e. The van der Waals surface area contributed by atoms with Crippen LogP contribution in [0.1, 0.15) is 25.3 Å². The molecule has 0 spiro atoms. The predicted molar refractivity (Wildman–Crippen MR) is 98.7 cm³/mol. The van der Waals surface area contributed by atoms with Crippen LogP contribution in [0.5, 0.6) is 5.75 Å². The number of nitrogens with zero attached hydrogens (tertiary/aromatic N) is 2. The molecule has 2 N–H and O–H groups in total. The Morgan fingerprint density at radius 2 is 2.00 bits per heavy atom. The van der Waals surface area contributed by atoms with E-state index in [0.717, 1.165) is 31.5 Å². The summed E-state index contributed by atoms with van der Waals surface area (Å²) in [5.41, 5.74) is 6.75. The molecule has 1 fully saturated rings. The second kappa shape index (κ2) is 9.33. The van der Waals surface area contributed by atoms with Gasteiger partial charge in [-0.1, -0.05) is 19.1 Å². The van der Waals surface area contributed by atoms with Crippen molar-refractivity contribution in [3.63, 3.8) is 0 Å². The molecule has 136 valence electrons. The standard InChI is InChI=1S/C16H22F3N3O.HI/c1-12-5-7-22(8-6-12)15(20)21-10-13-3-2-4-14(9-13)23-11-16(17,18)19;/h2-4,9,12H,5-8,10-11H2,1H3,(H2,20,21);1H. The quantitative estimate of drug-likeness (QED) is 0.426. The van der Waals surface area contributed by atoms with E-state index >= 15 is 0 Å². The monoisotopic (exact) mass is 457 g/mol. The molecule has 0 atom stereocenters. The number of likely N-dealkylation sites (tertiary alicyclic amines) is 1. The van der Waals surface area contributed by atoms with Gasteiger partial charge in [0.1, 0.15) is 5.75 Å². The van der Waals surface area contributed by atoms with Crippen LogP contribution >= 0.6 is 24.0 Å². The summed E-state index contributed by atoms with van der Waals surface area (Å²) in [6, 6.07) is 6.49. The van der Waals surface area contributed by atoms with E-state index in [2.05, 4.69) is 11.9 Å². The Morgan fingerprint density at radius 3 is 2.62 bits per heavy atom. The number of rotatable bonds is 4. The number of aliphatic imine (C=N–C) groups is 1. The van der Waals surface area contributed by atoms with Crippen LogP contribution in [0.15, 0.2) is 29.3 Å². The molecule has 0 saturated carbocycles. The molecule has 1 heterocycles. The van der Waals surface area contributed by atoms with Crippen molar-refractivity contribution in [2.45, 2.75) is 32.5 Å². The Kier molecular flexibility index (Phi) is 8.11. The van der Waals surface area contributed by atoms with Crippen LogP contribution in [0, 0.1) is 5.92 Å². The van der Waals surface area contributed by atoms with Crippen LogP contribution in [-0.4, -0.2) is 36.7 Å². The normalized spacial score (nSPS) is 16.7. The first-order valence-corrected chi connectivity index (χ1v) is 7.67. The summed E-state index contributed by atoms with van der Waals surface area (Å²) < 4.78 is 41.2. The van der Waals surface area contributed by atoms with Crippen LogP contribution in [0.2, 0.25) is 0 Å². The zero-order valence-corrected chi connectivity index (χ0v) is 15.9. The molecular formula is C16H23F3IN3O. The first kappa shape index (κ1) is 20.9. The summed E-state index contributed by atoms with van der Waals surface area (Å²) in [6.45, 7) is 3.03. The van der Waals surface area contributed by atoms with Gasteiger partial charge in [0.25, 0.3) is 0 Å². The molecule has 0 bridgehead atoms. The maximum Gasteiger partial charge on any atom is 0.422 e. The highest BCUT2D eigenvalue weighted by Gasteiger charge is 2.28. The molecule has 1 aromatic carbocycles. The van der Waals surface area contributed by atoms with E-state index in [4.69, 9.17) is 10.5 Å². The fourth-order valence-corrected chi connectivity index (χ4v) is 2.41. The average molecular weight is 457 g/mol. The van der Waals surface area contributed by atoms with Crippen molar-refractivity contribution in [3.8, 4) is 5.75 Å². The van der Waals surface area contributed by atoms with E-state index in [1.807, 2.05) is 4.90 Å². The number of alkyl halides is 3. The lowest BCUT2D eigenvalue weighted by atomic mass is 10.00. The van der Waals surface area contributed by atoms with E-state index < -0.39 is 12.8 Å². The molecule has 0 radical (unpaired) electrons. The van der Waals surface area contributed by atoms with Gasteiger partial charge in [0.15, 0.2) is 12.6 Å². The minimum atomic E-state index is -4.34. The predicted octanol–water partition coefficient (Wildman–Crippen LogP) is 3.79. The highest BCUT2D eigenvalue weighted by molar-refractivity contribution is 14.0. The highest BCUT2D eigenvalue weighted by Crippen LogP contribution is 2.20.